The summed E-state index contributed by atoms with van der Waals surface area (Å²) in [7, 11) is 1.53. The van der Waals surface area contributed by atoms with Crippen LogP contribution in [0.5, 0.6) is 0 Å². The molecular weight excluding hydrogens is 184 g/mol. The Labute approximate surface area is 82.9 Å². The molecule has 0 saturated heterocycles. The maximum Gasteiger partial charge on any atom is 0.323 e. The number of likely N-dealkylation sites (N-methyl/N-ethyl adjacent to an activating group) is 1. The molecule has 0 spiro atoms. The molecule has 80 valence electrons. The summed E-state index contributed by atoms with van der Waals surface area (Å²) >= 11 is 0. The molecule has 0 aromatic rings. The first-order valence-electron chi connectivity index (χ1n) is 4.69. The Bertz CT molecular complexity index is 250. The van der Waals surface area contributed by atoms with E-state index in [-0.39, 0.29) is 18.4 Å². The van der Waals surface area contributed by atoms with Gasteiger partial charge in [-0.3, -0.25) is 14.9 Å². The van der Waals surface area contributed by atoms with E-state index in [1.54, 1.807) is 6.92 Å². The van der Waals surface area contributed by atoms with Gasteiger partial charge in [0, 0.05) is 7.05 Å². The van der Waals surface area contributed by atoms with Crippen LogP contribution in [0.1, 0.15) is 19.8 Å². The molecule has 14 heavy (non-hydrogen) atoms. The number of amides is 1. The summed E-state index contributed by atoms with van der Waals surface area (Å²) in [4.78, 5) is 22.0. The summed E-state index contributed by atoms with van der Waals surface area (Å²) in [5.74, 6) is -0.924. The second-order valence-electron chi connectivity index (χ2n) is 3.81. The molecule has 5 nitrogen and oxygen atoms in total. The molecule has 1 fully saturated rings. The first-order chi connectivity index (χ1) is 6.50. The fourth-order valence-electron chi connectivity index (χ4n) is 1.41. The highest BCUT2D eigenvalue weighted by Crippen LogP contribution is 2.39. The number of carbonyl (C=O) groups excluding carboxylic acids is 1. The number of rotatable bonds is 5. The lowest BCUT2D eigenvalue weighted by Gasteiger charge is -2.25. The van der Waals surface area contributed by atoms with E-state index in [9.17, 15) is 9.59 Å². The molecule has 1 amide bonds. The van der Waals surface area contributed by atoms with Crippen LogP contribution in [0.25, 0.3) is 0 Å². The Morgan fingerprint density at radius 3 is 2.43 bits per heavy atom. The number of carboxylic acids is 1. The number of hydrogen-bond acceptors (Lipinski definition) is 3. The smallest absolute Gasteiger partial charge is 0.323 e. The van der Waals surface area contributed by atoms with Gasteiger partial charge in [-0.2, -0.15) is 0 Å². The van der Waals surface area contributed by atoms with Gasteiger partial charge >= 0.3 is 5.97 Å². The highest BCUT2D eigenvalue weighted by atomic mass is 16.4. The molecule has 0 aromatic carbocycles. The zero-order valence-corrected chi connectivity index (χ0v) is 8.46. The average Bonchev–Trinajstić information content (AvgIpc) is 2.96. The number of hydrogen-bond donors (Lipinski definition) is 3. The van der Waals surface area contributed by atoms with Crippen molar-refractivity contribution in [3.05, 3.63) is 0 Å². The van der Waals surface area contributed by atoms with Gasteiger partial charge in [-0.05, 0) is 25.7 Å². The van der Waals surface area contributed by atoms with Crippen LogP contribution in [0.2, 0.25) is 0 Å². The van der Waals surface area contributed by atoms with Crippen molar-refractivity contribution in [2.75, 3.05) is 13.6 Å². The summed E-state index contributed by atoms with van der Waals surface area (Å²) in [6.45, 7) is 1.69. The fraction of sp³-hybridized carbons (Fsp3) is 0.778. The van der Waals surface area contributed by atoms with E-state index in [1.807, 2.05) is 0 Å². The van der Waals surface area contributed by atoms with Crippen molar-refractivity contribution < 1.29 is 14.7 Å². The van der Waals surface area contributed by atoms with Crippen LogP contribution in [-0.4, -0.2) is 36.1 Å². The van der Waals surface area contributed by atoms with Crippen LogP contribution in [0.4, 0.5) is 0 Å². The summed E-state index contributed by atoms with van der Waals surface area (Å²) < 4.78 is 0. The van der Waals surface area contributed by atoms with Gasteiger partial charge < -0.3 is 10.4 Å². The van der Waals surface area contributed by atoms with Gasteiger partial charge in [0.15, 0.2) is 0 Å². The normalized spacial score (nSPS) is 19.9. The van der Waals surface area contributed by atoms with E-state index in [0.717, 1.165) is 12.8 Å². The molecule has 1 saturated carbocycles. The van der Waals surface area contributed by atoms with Crippen molar-refractivity contribution in [2.24, 2.45) is 5.92 Å². The van der Waals surface area contributed by atoms with E-state index >= 15 is 0 Å². The molecule has 0 radical (unpaired) electrons. The molecular formula is C9H16N2O3. The van der Waals surface area contributed by atoms with Gasteiger partial charge in [0.1, 0.15) is 5.54 Å². The predicted molar refractivity (Wildman–Crippen MR) is 50.8 cm³/mol. The van der Waals surface area contributed by atoms with Crippen molar-refractivity contribution in [1.82, 2.24) is 10.6 Å². The molecule has 1 aliphatic carbocycles. The van der Waals surface area contributed by atoms with E-state index in [2.05, 4.69) is 10.6 Å². The lowest BCUT2D eigenvalue weighted by atomic mass is 9.96. The molecule has 1 rings (SSSR count). The number of carbonyl (C=O) groups is 2. The van der Waals surface area contributed by atoms with Crippen molar-refractivity contribution in [2.45, 2.75) is 25.3 Å². The Hall–Kier alpha value is -1.10. The molecule has 3 N–H and O–H groups in total. The maximum absolute atomic E-state index is 11.0. The molecule has 0 heterocycles. The first kappa shape index (κ1) is 11.0. The molecule has 0 bridgehead atoms. The predicted octanol–water partition coefficient (Wildman–Crippen LogP) is -0.425. The van der Waals surface area contributed by atoms with Crippen LogP contribution in [0, 0.1) is 5.92 Å². The van der Waals surface area contributed by atoms with E-state index < -0.39 is 11.5 Å². The zero-order valence-electron chi connectivity index (χ0n) is 8.46. The number of aliphatic carboxylic acids is 1. The molecule has 1 aliphatic rings. The molecule has 1 atom stereocenters. The monoisotopic (exact) mass is 200 g/mol. The van der Waals surface area contributed by atoms with Gasteiger partial charge in [-0.1, -0.05) is 0 Å². The number of carboxylic acid groups (broad SMARTS) is 1. The van der Waals surface area contributed by atoms with E-state index in [1.165, 1.54) is 7.05 Å². The molecule has 0 aromatic heterocycles. The third-order valence-electron chi connectivity index (χ3n) is 2.73. The van der Waals surface area contributed by atoms with Crippen LogP contribution in [0.15, 0.2) is 0 Å². The summed E-state index contributed by atoms with van der Waals surface area (Å²) in [6, 6.07) is 0. The van der Waals surface area contributed by atoms with Crippen molar-refractivity contribution >= 4 is 11.9 Å². The fourth-order valence-corrected chi connectivity index (χ4v) is 1.41. The summed E-state index contributed by atoms with van der Waals surface area (Å²) in [6.07, 6.45) is 1.84. The quantitative estimate of drug-likeness (QED) is 0.563. The van der Waals surface area contributed by atoms with Gasteiger partial charge in [0.2, 0.25) is 5.91 Å². The maximum atomic E-state index is 11.0. The Morgan fingerprint density at radius 1 is 1.50 bits per heavy atom. The lowest BCUT2D eigenvalue weighted by Crippen LogP contribution is -2.54. The van der Waals surface area contributed by atoms with Gasteiger partial charge in [-0.25, -0.2) is 0 Å². The van der Waals surface area contributed by atoms with Crippen LogP contribution in [-0.2, 0) is 9.59 Å². The highest BCUT2D eigenvalue weighted by Gasteiger charge is 2.47. The van der Waals surface area contributed by atoms with Crippen molar-refractivity contribution in [3.63, 3.8) is 0 Å². The highest BCUT2D eigenvalue weighted by molar-refractivity contribution is 5.82. The largest absolute Gasteiger partial charge is 0.480 e. The minimum absolute atomic E-state index is 0.0514. The molecule has 5 heteroatoms. The average molecular weight is 200 g/mol. The third-order valence-corrected chi connectivity index (χ3v) is 2.73. The minimum atomic E-state index is -0.952. The molecule has 1 unspecified atom stereocenters. The Morgan fingerprint density at radius 2 is 2.07 bits per heavy atom. The standard InChI is InChI=1S/C9H16N2O3/c1-9(8(13)14,6-3-4-6)11-5-7(12)10-2/h6,11H,3-5H2,1-2H3,(H,10,12)(H,13,14). The van der Waals surface area contributed by atoms with Crippen LogP contribution in [0.3, 0.4) is 0 Å². The van der Waals surface area contributed by atoms with Gasteiger partial charge in [0.25, 0.3) is 0 Å². The summed E-state index contributed by atoms with van der Waals surface area (Å²) in [5, 5.41) is 14.3. The van der Waals surface area contributed by atoms with Gasteiger partial charge in [-0.15, -0.1) is 0 Å². The van der Waals surface area contributed by atoms with E-state index in [0.29, 0.717) is 0 Å². The molecule has 0 aliphatic heterocycles. The van der Waals surface area contributed by atoms with Gasteiger partial charge in [0.05, 0.1) is 6.54 Å². The second-order valence-corrected chi connectivity index (χ2v) is 3.81. The minimum Gasteiger partial charge on any atom is -0.480 e. The summed E-state index contributed by atoms with van der Waals surface area (Å²) in [5.41, 5.74) is -0.952. The Kier molecular flexibility index (Phi) is 3.10. The lowest BCUT2D eigenvalue weighted by molar-refractivity contribution is -0.145. The van der Waals surface area contributed by atoms with Crippen molar-refractivity contribution in [1.29, 1.82) is 0 Å². The van der Waals surface area contributed by atoms with Crippen LogP contribution < -0.4 is 10.6 Å². The van der Waals surface area contributed by atoms with Crippen LogP contribution >= 0.6 is 0 Å². The zero-order chi connectivity index (χ0) is 10.8. The number of nitrogens with one attached hydrogen (secondary N) is 2. The SMILES string of the molecule is CNC(=O)CNC(C)(C(=O)O)C1CC1. The first-order valence-corrected chi connectivity index (χ1v) is 4.69. The van der Waals surface area contributed by atoms with Crippen molar-refractivity contribution in [3.8, 4) is 0 Å². The third kappa shape index (κ3) is 2.23. The Balaban J connectivity index is 2.52. The second kappa shape index (κ2) is 3.96. The van der Waals surface area contributed by atoms with E-state index in [4.69, 9.17) is 5.11 Å². The topological polar surface area (TPSA) is 78.4 Å².